The molecular weight excluding hydrogens is 278 g/mol. The van der Waals surface area contributed by atoms with E-state index in [4.69, 9.17) is 4.74 Å². The summed E-state index contributed by atoms with van der Waals surface area (Å²) in [6, 6.07) is 0.538. The lowest BCUT2D eigenvalue weighted by Crippen LogP contribution is -2.44. The fraction of sp³-hybridized carbons (Fsp3) is 0.941. The molecule has 0 aromatic carbocycles. The number of nitrogens with one attached hydrogen (secondary N) is 2. The molecule has 1 fully saturated rings. The molecule has 130 valence electrons. The second kappa shape index (κ2) is 9.36. The van der Waals surface area contributed by atoms with Crippen molar-refractivity contribution in [3.8, 4) is 0 Å². The van der Waals surface area contributed by atoms with Crippen LogP contribution in [0, 0.1) is 5.92 Å². The number of ether oxygens (including phenoxy) is 1. The van der Waals surface area contributed by atoms with Gasteiger partial charge >= 0.3 is 6.09 Å². The van der Waals surface area contributed by atoms with Gasteiger partial charge in [-0.2, -0.15) is 0 Å². The van der Waals surface area contributed by atoms with Gasteiger partial charge in [0.25, 0.3) is 0 Å². The van der Waals surface area contributed by atoms with Crippen LogP contribution in [0.15, 0.2) is 0 Å². The highest BCUT2D eigenvalue weighted by Crippen LogP contribution is 2.19. The van der Waals surface area contributed by atoms with Gasteiger partial charge in [-0.05, 0) is 72.5 Å². The number of hydrogen-bond donors (Lipinski definition) is 2. The Balaban J connectivity index is 2.10. The number of nitrogens with zero attached hydrogens (tertiary/aromatic N) is 1. The molecule has 5 nitrogen and oxygen atoms in total. The quantitative estimate of drug-likeness (QED) is 0.710. The molecule has 0 bridgehead atoms. The maximum atomic E-state index is 11.5. The van der Waals surface area contributed by atoms with Crippen LogP contribution in [0.2, 0.25) is 0 Å². The highest BCUT2D eigenvalue weighted by atomic mass is 16.6. The molecule has 2 unspecified atom stereocenters. The molecule has 1 saturated heterocycles. The first-order chi connectivity index (χ1) is 10.3. The first-order valence-corrected chi connectivity index (χ1v) is 8.74. The lowest BCUT2D eigenvalue weighted by Gasteiger charge is -2.35. The Labute approximate surface area is 136 Å². The van der Waals surface area contributed by atoms with Crippen molar-refractivity contribution in [2.45, 2.75) is 65.5 Å². The van der Waals surface area contributed by atoms with E-state index < -0.39 is 5.60 Å². The Morgan fingerprint density at radius 1 is 1.36 bits per heavy atom. The maximum absolute atomic E-state index is 11.5. The van der Waals surface area contributed by atoms with Crippen LogP contribution >= 0.6 is 0 Å². The predicted octanol–water partition coefficient (Wildman–Crippen LogP) is 2.61. The summed E-state index contributed by atoms with van der Waals surface area (Å²) in [5.74, 6) is 0.743. The third-order valence-electron chi connectivity index (χ3n) is 4.18. The van der Waals surface area contributed by atoms with Crippen molar-refractivity contribution in [1.82, 2.24) is 15.5 Å². The van der Waals surface area contributed by atoms with Crippen LogP contribution in [0.5, 0.6) is 0 Å². The topological polar surface area (TPSA) is 53.6 Å². The van der Waals surface area contributed by atoms with Crippen LogP contribution in [0.3, 0.4) is 0 Å². The van der Waals surface area contributed by atoms with Crippen molar-refractivity contribution in [3.05, 3.63) is 0 Å². The molecule has 0 aromatic rings. The fourth-order valence-electron chi connectivity index (χ4n) is 2.88. The average Bonchev–Trinajstić information content (AvgIpc) is 2.45. The molecule has 2 N–H and O–H groups in total. The van der Waals surface area contributed by atoms with Crippen molar-refractivity contribution >= 4 is 6.09 Å². The first-order valence-electron chi connectivity index (χ1n) is 8.74. The van der Waals surface area contributed by atoms with Gasteiger partial charge in [0.2, 0.25) is 0 Å². The minimum Gasteiger partial charge on any atom is -0.444 e. The van der Waals surface area contributed by atoms with E-state index in [0.717, 1.165) is 25.4 Å². The molecule has 1 aliphatic heterocycles. The van der Waals surface area contributed by atoms with E-state index in [0.29, 0.717) is 12.6 Å². The van der Waals surface area contributed by atoms with Gasteiger partial charge in [0, 0.05) is 19.1 Å². The Kier molecular flexibility index (Phi) is 8.18. The second-order valence-corrected chi connectivity index (χ2v) is 7.32. The van der Waals surface area contributed by atoms with Crippen molar-refractivity contribution in [1.29, 1.82) is 0 Å². The van der Waals surface area contributed by atoms with Crippen LogP contribution < -0.4 is 10.6 Å². The third-order valence-corrected chi connectivity index (χ3v) is 4.18. The molecule has 1 rings (SSSR count). The van der Waals surface area contributed by atoms with Crippen molar-refractivity contribution in [2.75, 3.05) is 32.7 Å². The number of alkyl carbamates (subject to hydrolysis) is 1. The third kappa shape index (κ3) is 7.99. The number of carbonyl (C=O) groups is 1. The summed E-state index contributed by atoms with van der Waals surface area (Å²) in [7, 11) is 0. The zero-order valence-corrected chi connectivity index (χ0v) is 15.1. The van der Waals surface area contributed by atoms with E-state index in [2.05, 4.69) is 29.4 Å². The van der Waals surface area contributed by atoms with Gasteiger partial charge in [0.1, 0.15) is 5.60 Å². The number of hydrogen-bond acceptors (Lipinski definition) is 4. The number of piperidine rings is 1. The van der Waals surface area contributed by atoms with Crippen LogP contribution in [-0.4, -0.2) is 55.4 Å². The van der Waals surface area contributed by atoms with E-state index >= 15 is 0 Å². The van der Waals surface area contributed by atoms with E-state index in [9.17, 15) is 4.79 Å². The lowest BCUT2D eigenvalue weighted by molar-refractivity contribution is 0.0527. The molecule has 2 atom stereocenters. The standard InChI is InChI=1S/C17H35N3O2/c1-6-20-12-7-9-15(13-20)14(2)18-10-8-11-19-16(21)22-17(3,4)5/h14-15,18H,6-13H2,1-5H3,(H,19,21). The minimum atomic E-state index is -0.428. The maximum Gasteiger partial charge on any atom is 0.407 e. The fourth-order valence-corrected chi connectivity index (χ4v) is 2.88. The summed E-state index contributed by atoms with van der Waals surface area (Å²) in [5.41, 5.74) is -0.428. The molecule has 0 aliphatic carbocycles. The van der Waals surface area contributed by atoms with Crippen LogP contribution in [-0.2, 0) is 4.74 Å². The van der Waals surface area contributed by atoms with Crippen LogP contribution in [0.1, 0.15) is 53.9 Å². The van der Waals surface area contributed by atoms with Crippen molar-refractivity contribution in [2.24, 2.45) is 5.92 Å². The number of carbonyl (C=O) groups excluding carboxylic acids is 1. The highest BCUT2D eigenvalue weighted by molar-refractivity contribution is 5.67. The summed E-state index contributed by atoms with van der Waals surface area (Å²) in [4.78, 5) is 14.1. The molecule has 0 radical (unpaired) electrons. The molecule has 0 aromatic heterocycles. The zero-order chi connectivity index (χ0) is 16.6. The van der Waals surface area contributed by atoms with E-state index in [1.54, 1.807) is 0 Å². The summed E-state index contributed by atoms with van der Waals surface area (Å²) in [6.45, 7) is 15.3. The van der Waals surface area contributed by atoms with Gasteiger partial charge in [0.05, 0.1) is 0 Å². The number of amides is 1. The predicted molar refractivity (Wildman–Crippen MR) is 91.2 cm³/mol. The molecular formula is C17H35N3O2. The Morgan fingerprint density at radius 2 is 2.09 bits per heavy atom. The number of rotatable bonds is 7. The SMILES string of the molecule is CCN1CCCC(C(C)NCCCNC(=O)OC(C)(C)C)C1. The molecule has 1 aliphatic rings. The molecule has 1 heterocycles. The highest BCUT2D eigenvalue weighted by Gasteiger charge is 2.23. The average molecular weight is 313 g/mol. The second-order valence-electron chi connectivity index (χ2n) is 7.32. The van der Waals surface area contributed by atoms with Gasteiger partial charge < -0.3 is 20.3 Å². The summed E-state index contributed by atoms with van der Waals surface area (Å²) >= 11 is 0. The summed E-state index contributed by atoms with van der Waals surface area (Å²) in [6.07, 6.45) is 3.23. The normalized spacial score (nSPS) is 21.4. The van der Waals surface area contributed by atoms with Crippen LogP contribution in [0.25, 0.3) is 0 Å². The largest absolute Gasteiger partial charge is 0.444 e. The Hall–Kier alpha value is -0.810. The lowest BCUT2D eigenvalue weighted by atomic mass is 9.91. The Bertz CT molecular complexity index is 328. The van der Waals surface area contributed by atoms with Gasteiger partial charge in [-0.15, -0.1) is 0 Å². The molecule has 0 spiro atoms. The van der Waals surface area contributed by atoms with Gasteiger partial charge in [-0.25, -0.2) is 4.79 Å². The Morgan fingerprint density at radius 3 is 2.73 bits per heavy atom. The van der Waals surface area contributed by atoms with Gasteiger partial charge in [0.15, 0.2) is 0 Å². The molecule has 0 saturated carbocycles. The summed E-state index contributed by atoms with van der Waals surface area (Å²) in [5, 5.41) is 6.40. The molecule has 1 amide bonds. The van der Waals surface area contributed by atoms with Gasteiger partial charge in [-0.3, -0.25) is 0 Å². The van der Waals surface area contributed by atoms with Crippen LogP contribution in [0.4, 0.5) is 4.79 Å². The monoisotopic (exact) mass is 313 g/mol. The van der Waals surface area contributed by atoms with Crippen molar-refractivity contribution < 1.29 is 9.53 Å². The number of likely N-dealkylation sites (tertiary alicyclic amines) is 1. The van der Waals surface area contributed by atoms with Gasteiger partial charge in [-0.1, -0.05) is 6.92 Å². The zero-order valence-electron chi connectivity index (χ0n) is 15.1. The molecule has 5 heteroatoms. The van der Waals surface area contributed by atoms with E-state index in [1.165, 1.54) is 25.9 Å². The summed E-state index contributed by atoms with van der Waals surface area (Å²) < 4.78 is 5.21. The van der Waals surface area contributed by atoms with E-state index in [-0.39, 0.29) is 6.09 Å². The molecule has 22 heavy (non-hydrogen) atoms. The van der Waals surface area contributed by atoms with Crippen molar-refractivity contribution in [3.63, 3.8) is 0 Å². The smallest absolute Gasteiger partial charge is 0.407 e. The minimum absolute atomic E-state index is 0.327. The van der Waals surface area contributed by atoms with E-state index in [1.807, 2.05) is 20.8 Å². The first kappa shape index (κ1) is 19.2.